The number of pyridine rings is 1. The maximum atomic E-state index is 12.1. The first-order valence-electron chi connectivity index (χ1n) is 7.29. The van der Waals surface area contributed by atoms with E-state index in [-0.39, 0.29) is 11.5 Å². The molecule has 0 aliphatic heterocycles. The molecule has 21 heavy (non-hydrogen) atoms. The number of rotatable bonds is 4. The fourth-order valence-corrected chi connectivity index (χ4v) is 2.36. The van der Waals surface area contributed by atoms with Gasteiger partial charge in [0.25, 0.3) is 5.56 Å². The molecule has 1 saturated carbocycles. The first kappa shape index (κ1) is 13.7. The number of fused-ring (bicyclic) bond motifs is 1. The topological polar surface area (TPSA) is 46.5 Å². The molecule has 3 rings (SSSR count). The minimum atomic E-state index is -0.0683. The summed E-state index contributed by atoms with van der Waals surface area (Å²) in [6.07, 6.45) is 2.41. The number of benzene rings is 1. The second-order valence-corrected chi connectivity index (χ2v) is 5.98. The van der Waals surface area contributed by atoms with Gasteiger partial charge in [-0.3, -0.25) is 4.79 Å². The summed E-state index contributed by atoms with van der Waals surface area (Å²) in [5.74, 6) is 1.35. The number of aromatic amines is 1. The zero-order valence-corrected chi connectivity index (χ0v) is 12.3. The van der Waals surface area contributed by atoms with Gasteiger partial charge in [-0.15, -0.1) is 0 Å². The lowest BCUT2D eigenvalue weighted by Crippen LogP contribution is -2.13. The van der Waals surface area contributed by atoms with Gasteiger partial charge in [0.05, 0.1) is 13.2 Å². The van der Waals surface area contributed by atoms with Crippen molar-refractivity contribution in [1.29, 1.82) is 0 Å². The van der Waals surface area contributed by atoms with Crippen LogP contribution in [0.15, 0.2) is 23.0 Å². The van der Waals surface area contributed by atoms with Gasteiger partial charge in [-0.1, -0.05) is 13.8 Å². The minimum absolute atomic E-state index is 0.0683. The van der Waals surface area contributed by atoms with Gasteiger partial charge in [-0.05, 0) is 48.3 Å². The zero-order chi connectivity index (χ0) is 15.0. The third-order valence-electron chi connectivity index (χ3n) is 3.87. The number of aromatic nitrogens is 1. The molecule has 1 N–H and O–H groups in total. The zero-order valence-electron chi connectivity index (χ0n) is 12.3. The van der Waals surface area contributed by atoms with Gasteiger partial charge >= 0.3 is 0 Å². The number of hydrogen-bond acceptors (Lipinski definition) is 2. The van der Waals surface area contributed by atoms with E-state index in [0.717, 1.165) is 16.5 Å². The van der Waals surface area contributed by atoms with Crippen molar-refractivity contribution >= 4 is 16.6 Å². The second-order valence-electron chi connectivity index (χ2n) is 5.98. The molecule has 1 aliphatic carbocycles. The molecule has 0 spiro atoms. The predicted molar refractivity (Wildman–Crippen MR) is 83.1 cm³/mol. The van der Waals surface area contributed by atoms with Gasteiger partial charge in [0.2, 0.25) is 5.69 Å². The van der Waals surface area contributed by atoms with Crippen LogP contribution in [0.1, 0.15) is 38.2 Å². The molecule has 1 heterocycles. The van der Waals surface area contributed by atoms with Crippen LogP contribution in [-0.2, 0) is 0 Å². The van der Waals surface area contributed by atoms with E-state index in [1.54, 1.807) is 12.1 Å². The lowest BCUT2D eigenvalue weighted by molar-refractivity contribution is 0.302. The fourth-order valence-electron chi connectivity index (χ4n) is 2.36. The highest BCUT2D eigenvalue weighted by Gasteiger charge is 2.22. The van der Waals surface area contributed by atoms with Gasteiger partial charge < -0.3 is 9.72 Å². The molecule has 108 valence electrons. The van der Waals surface area contributed by atoms with Gasteiger partial charge in [0.1, 0.15) is 5.75 Å². The van der Waals surface area contributed by atoms with Crippen LogP contribution < -0.4 is 10.3 Å². The van der Waals surface area contributed by atoms with Crippen molar-refractivity contribution in [3.05, 3.63) is 45.5 Å². The Morgan fingerprint density at radius 3 is 2.76 bits per heavy atom. The predicted octanol–water partition coefficient (Wildman–Crippen LogP) is 3.99. The molecule has 4 nitrogen and oxygen atoms in total. The summed E-state index contributed by atoms with van der Waals surface area (Å²) in [5, 5.41) is 0.878. The molecule has 4 heteroatoms. The van der Waals surface area contributed by atoms with E-state index in [1.165, 1.54) is 12.8 Å². The summed E-state index contributed by atoms with van der Waals surface area (Å²) in [7, 11) is 0. The van der Waals surface area contributed by atoms with Crippen LogP contribution in [0.2, 0.25) is 0 Å². The molecule has 1 fully saturated rings. The Hall–Kier alpha value is -2.28. The lowest BCUT2D eigenvalue weighted by atomic mass is 10.0. The third-order valence-corrected chi connectivity index (χ3v) is 3.87. The number of hydrogen-bond donors (Lipinski definition) is 1. The Labute approximate surface area is 123 Å². The Bertz CT molecular complexity index is 780. The van der Waals surface area contributed by atoms with E-state index in [1.807, 2.05) is 19.9 Å². The van der Waals surface area contributed by atoms with Crippen molar-refractivity contribution in [2.24, 2.45) is 5.92 Å². The van der Waals surface area contributed by atoms with Gasteiger partial charge in [-0.2, -0.15) is 0 Å². The molecule has 2 aromatic rings. The van der Waals surface area contributed by atoms with Crippen LogP contribution in [0.5, 0.6) is 5.75 Å². The molecule has 0 unspecified atom stereocenters. The summed E-state index contributed by atoms with van der Waals surface area (Å²) in [5.41, 5.74) is 1.90. The van der Waals surface area contributed by atoms with E-state index < -0.39 is 0 Å². The van der Waals surface area contributed by atoms with E-state index in [0.29, 0.717) is 24.0 Å². The van der Waals surface area contributed by atoms with Crippen molar-refractivity contribution in [3.8, 4) is 5.75 Å². The van der Waals surface area contributed by atoms with E-state index in [4.69, 9.17) is 11.3 Å². The van der Waals surface area contributed by atoms with Gasteiger partial charge in [-0.25, -0.2) is 4.85 Å². The quantitative estimate of drug-likeness (QED) is 0.862. The third kappa shape index (κ3) is 2.78. The highest BCUT2D eigenvalue weighted by atomic mass is 16.5. The molecule has 1 aliphatic rings. The molecule has 0 bridgehead atoms. The molecule has 0 radical (unpaired) electrons. The Kier molecular flexibility index (Phi) is 3.42. The first-order valence-corrected chi connectivity index (χ1v) is 7.29. The van der Waals surface area contributed by atoms with Crippen LogP contribution >= 0.6 is 0 Å². The van der Waals surface area contributed by atoms with Crippen molar-refractivity contribution in [1.82, 2.24) is 4.98 Å². The van der Waals surface area contributed by atoms with Crippen LogP contribution in [-0.4, -0.2) is 11.6 Å². The number of nitrogens with one attached hydrogen (secondary N) is 1. The monoisotopic (exact) mass is 282 g/mol. The van der Waals surface area contributed by atoms with Crippen molar-refractivity contribution in [2.75, 3.05) is 6.61 Å². The van der Waals surface area contributed by atoms with Gasteiger partial charge in [0.15, 0.2) is 0 Å². The average Bonchev–Trinajstić information content (AvgIpc) is 3.27. The second kappa shape index (κ2) is 5.25. The molecule has 1 aromatic carbocycles. The van der Waals surface area contributed by atoms with E-state index in [2.05, 4.69) is 9.83 Å². The SMILES string of the molecule is [C-]#[N+]c1cc2cc(C(C)C)c(=O)[nH]c2cc1OCC1CC1. The minimum Gasteiger partial charge on any atom is -0.504 e. The summed E-state index contributed by atoms with van der Waals surface area (Å²) in [6.45, 7) is 11.9. The maximum Gasteiger partial charge on any atom is 0.251 e. The summed E-state index contributed by atoms with van der Waals surface area (Å²) in [6, 6.07) is 5.45. The number of ether oxygens (including phenoxy) is 1. The Morgan fingerprint density at radius 1 is 1.38 bits per heavy atom. The normalized spacial score (nSPS) is 14.4. The summed E-state index contributed by atoms with van der Waals surface area (Å²) < 4.78 is 5.74. The molecular weight excluding hydrogens is 264 g/mol. The van der Waals surface area contributed by atoms with Crippen LogP contribution in [0.4, 0.5) is 5.69 Å². The molecular formula is C17H18N2O2. The molecule has 0 saturated heterocycles. The average molecular weight is 282 g/mol. The number of H-pyrrole nitrogens is 1. The van der Waals surface area contributed by atoms with Crippen LogP contribution in [0.3, 0.4) is 0 Å². The molecule has 0 atom stereocenters. The number of nitrogens with zero attached hydrogens (tertiary/aromatic N) is 1. The lowest BCUT2D eigenvalue weighted by Gasteiger charge is -2.11. The highest BCUT2D eigenvalue weighted by Crippen LogP contribution is 2.35. The van der Waals surface area contributed by atoms with Crippen molar-refractivity contribution < 1.29 is 4.74 Å². The van der Waals surface area contributed by atoms with Crippen molar-refractivity contribution in [2.45, 2.75) is 32.6 Å². The Balaban J connectivity index is 2.07. The van der Waals surface area contributed by atoms with Gasteiger partial charge in [0, 0.05) is 11.1 Å². The molecule has 0 amide bonds. The Morgan fingerprint density at radius 2 is 2.14 bits per heavy atom. The smallest absolute Gasteiger partial charge is 0.251 e. The van der Waals surface area contributed by atoms with Crippen LogP contribution in [0, 0.1) is 12.5 Å². The summed E-state index contributed by atoms with van der Waals surface area (Å²) >= 11 is 0. The van der Waals surface area contributed by atoms with Crippen LogP contribution in [0.25, 0.3) is 15.7 Å². The van der Waals surface area contributed by atoms with E-state index in [9.17, 15) is 4.79 Å². The standard InChI is InChI=1S/C17H18N2O2/c1-10(2)13-6-12-7-15(18-3)16(21-9-11-4-5-11)8-14(12)19-17(13)20/h6-8,10-11H,4-5,9H2,1-2H3,(H,19,20). The largest absolute Gasteiger partial charge is 0.504 e. The molecule has 1 aromatic heterocycles. The first-order chi connectivity index (χ1) is 10.1. The van der Waals surface area contributed by atoms with Crippen molar-refractivity contribution in [3.63, 3.8) is 0 Å². The van der Waals surface area contributed by atoms with E-state index >= 15 is 0 Å². The highest BCUT2D eigenvalue weighted by molar-refractivity contribution is 5.86. The summed E-state index contributed by atoms with van der Waals surface area (Å²) in [4.78, 5) is 18.5. The fraction of sp³-hybridized carbons (Fsp3) is 0.412. The maximum absolute atomic E-state index is 12.1.